The highest BCUT2D eigenvalue weighted by molar-refractivity contribution is 6.34. The quantitative estimate of drug-likeness (QED) is 0.324. The molecule has 0 unspecified atom stereocenters. The van der Waals surface area contributed by atoms with Gasteiger partial charge >= 0.3 is 0 Å². The summed E-state index contributed by atoms with van der Waals surface area (Å²) in [6.07, 6.45) is 3.69. The Bertz CT molecular complexity index is 1730. The predicted octanol–water partition coefficient (Wildman–Crippen LogP) is 5.69. The van der Waals surface area contributed by atoms with Crippen LogP contribution in [0.4, 0.5) is 0 Å². The number of hydrogen-bond acceptors (Lipinski definition) is 3. The second-order valence-electron chi connectivity index (χ2n) is 7.10. The summed E-state index contributed by atoms with van der Waals surface area (Å²) in [4.78, 5) is 4.67. The lowest BCUT2D eigenvalue weighted by molar-refractivity contribution is 1.27. The van der Waals surface area contributed by atoms with Crippen LogP contribution in [0.3, 0.4) is 0 Å². The van der Waals surface area contributed by atoms with Crippen molar-refractivity contribution in [1.82, 2.24) is 9.38 Å². The zero-order valence-corrected chi connectivity index (χ0v) is 15.2. The third-order valence-electron chi connectivity index (χ3n) is 5.70. The van der Waals surface area contributed by atoms with Crippen LogP contribution in [0.5, 0.6) is 0 Å². The molecule has 132 valence electrons. The molecule has 0 spiro atoms. The van der Waals surface area contributed by atoms with E-state index < -0.39 is 0 Å². The lowest BCUT2D eigenvalue weighted by Gasteiger charge is -2.15. The molecule has 0 radical (unpaired) electrons. The fraction of sp³-hybridized carbons (Fsp3) is 0. The maximum Gasteiger partial charge on any atom is 0.145 e. The molecule has 0 bridgehead atoms. The SMILES string of the molecule is N#Cc1cc2c3c4ccccc4c4ccccc4c3c3nccn3c2cc1C#N. The van der Waals surface area contributed by atoms with Gasteiger partial charge in [-0.15, -0.1) is 0 Å². The molecule has 0 saturated carbocycles. The first kappa shape index (κ1) is 15.6. The standard InChI is InChI=1S/C25H12N4/c26-13-15-11-21-22(12-16(15)14-27)29-10-9-28-25(29)24-20-8-4-2-6-18(20)17-5-1-3-7-19(17)23(21)24/h1-12H. The van der Waals surface area contributed by atoms with Gasteiger partial charge < -0.3 is 0 Å². The number of hydrogen-bond donors (Lipinski definition) is 0. The van der Waals surface area contributed by atoms with Gasteiger partial charge in [0.05, 0.1) is 16.6 Å². The Morgan fingerprint density at radius 2 is 1.28 bits per heavy atom. The highest BCUT2D eigenvalue weighted by Crippen LogP contribution is 2.41. The summed E-state index contributed by atoms with van der Waals surface area (Å²) < 4.78 is 2.01. The van der Waals surface area contributed by atoms with Crippen LogP contribution >= 0.6 is 0 Å². The number of nitrogens with zero attached hydrogens (tertiary/aromatic N) is 4. The average Bonchev–Trinajstić information content (AvgIpc) is 3.27. The van der Waals surface area contributed by atoms with E-state index in [2.05, 4.69) is 47.5 Å². The van der Waals surface area contributed by atoms with Gasteiger partial charge in [0.15, 0.2) is 0 Å². The van der Waals surface area contributed by atoms with Crippen LogP contribution in [0, 0.1) is 22.7 Å². The van der Waals surface area contributed by atoms with E-state index in [-0.39, 0.29) is 0 Å². The maximum atomic E-state index is 9.62. The Kier molecular flexibility index (Phi) is 2.99. The maximum absolute atomic E-state index is 9.62. The van der Waals surface area contributed by atoms with Crippen molar-refractivity contribution in [2.24, 2.45) is 0 Å². The second kappa shape index (κ2) is 5.55. The molecule has 6 aromatic rings. The summed E-state index contributed by atoms with van der Waals surface area (Å²) in [6.45, 7) is 0. The zero-order chi connectivity index (χ0) is 19.5. The lowest BCUT2D eigenvalue weighted by atomic mass is 9.91. The Hall–Kier alpha value is -4.41. The number of nitriles is 2. The molecule has 0 fully saturated rings. The monoisotopic (exact) mass is 368 g/mol. The molecule has 0 N–H and O–H groups in total. The number of rotatable bonds is 0. The normalized spacial score (nSPS) is 11.4. The van der Waals surface area contributed by atoms with E-state index in [1.54, 1.807) is 12.3 Å². The predicted molar refractivity (Wildman–Crippen MR) is 115 cm³/mol. The van der Waals surface area contributed by atoms with Crippen LogP contribution in [0.1, 0.15) is 11.1 Å². The van der Waals surface area contributed by atoms with E-state index in [1.165, 1.54) is 5.39 Å². The van der Waals surface area contributed by atoms with Crippen LogP contribution in [-0.4, -0.2) is 9.38 Å². The molecule has 4 aromatic carbocycles. The van der Waals surface area contributed by atoms with Gasteiger partial charge in [-0.2, -0.15) is 10.5 Å². The number of benzene rings is 4. The van der Waals surface area contributed by atoms with Crippen molar-refractivity contribution >= 4 is 48.9 Å². The van der Waals surface area contributed by atoms with Crippen molar-refractivity contribution in [2.75, 3.05) is 0 Å². The average molecular weight is 368 g/mol. The van der Waals surface area contributed by atoms with E-state index in [4.69, 9.17) is 0 Å². The molecular weight excluding hydrogens is 356 g/mol. The van der Waals surface area contributed by atoms with Gasteiger partial charge in [0.2, 0.25) is 0 Å². The number of aromatic nitrogens is 2. The van der Waals surface area contributed by atoms with E-state index in [9.17, 15) is 10.5 Å². The molecule has 6 rings (SSSR count). The summed E-state index contributed by atoms with van der Waals surface area (Å²) in [7, 11) is 0. The van der Waals surface area contributed by atoms with E-state index in [0.717, 1.165) is 43.5 Å². The fourth-order valence-corrected chi connectivity index (χ4v) is 4.51. The summed E-state index contributed by atoms with van der Waals surface area (Å²) in [5.74, 6) is 0. The smallest absolute Gasteiger partial charge is 0.145 e. The Morgan fingerprint density at radius 3 is 1.93 bits per heavy atom. The minimum atomic E-state index is 0.374. The van der Waals surface area contributed by atoms with Gasteiger partial charge in [-0.1, -0.05) is 48.5 Å². The molecule has 4 heteroatoms. The molecule has 0 aliphatic heterocycles. The number of imidazole rings is 1. The van der Waals surface area contributed by atoms with Gasteiger partial charge in [0.1, 0.15) is 17.8 Å². The van der Waals surface area contributed by atoms with Crippen molar-refractivity contribution < 1.29 is 0 Å². The van der Waals surface area contributed by atoms with E-state index in [1.807, 2.05) is 34.9 Å². The first-order chi connectivity index (χ1) is 14.3. The van der Waals surface area contributed by atoms with Crippen molar-refractivity contribution in [3.8, 4) is 12.1 Å². The van der Waals surface area contributed by atoms with Crippen molar-refractivity contribution in [1.29, 1.82) is 10.5 Å². The summed E-state index contributed by atoms with van der Waals surface area (Å²) >= 11 is 0. The van der Waals surface area contributed by atoms with Gasteiger partial charge in [0.25, 0.3) is 0 Å². The molecule has 0 aliphatic carbocycles. The topological polar surface area (TPSA) is 64.9 Å². The molecule has 4 nitrogen and oxygen atoms in total. The Morgan fingerprint density at radius 1 is 0.690 bits per heavy atom. The third-order valence-corrected chi connectivity index (χ3v) is 5.70. The zero-order valence-electron chi connectivity index (χ0n) is 15.2. The second-order valence-corrected chi connectivity index (χ2v) is 7.10. The van der Waals surface area contributed by atoms with Crippen LogP contribution in [-0.2, 0) is 0 Å². The van der Waals surface area contributed by atoms with Gasteiger partial charge in [-0.3, -0.25) is 4.40 Å². The van der Waals surface area contributed by atoms with Crippen LogP contribution in [0.15, 0.2) is 73.1 Å². The first-order valence-electron chi connectivity index (χ1n) is 9.28. The Balaban J connectivity index is 2.08. The molecule has 2 aromatic heterocycles. The first-order valence-corrected chi connectivity index (χ1v) is 9.28. The summed E-state index contributed by atoms with van der Waals surface area (Å²) in [5.41, 5.74) is 2.49. The van der Waals surface area contributed by atoms with Crippen molar-refractivity contribution in [3.05, 3.63) is 84.2 Å². The molecule has 0 amide bonds. The highest BCUT2D eigenvalue weighted by atomic mass is 15.0. The van der Waals surface area contributed by atoms with Crippen molar-refractivity contribution in [2.45, 2.75) is 0 Å². The van der Waals surface area contributed by atoms with E-state index >= 15 is 0 Å². The van der Waals surface area contributed by atoms with E-state index in [0.29, 0.717) is 11.1 Å². The molecule has 0 aliphatic rings. The molecule has 0 atom stereocenters. The summed E-state index contributed by atoms with van der Waals surface area (Å²) in [5, 5.41) is 26.8. The third kappa shape index (κ3) is 1.92. The molecular formula is C25H12N4. The van der Waals surface area contributed by atoms with Gasteiger partial charge in [-0.25, -0.2) is 4.98 Å². The fourth-order valence-electron chi connectivity index (χ4n) is 4.51. The van der Waals surface area contributed by atoms with Gasteiger partial charge in [-0.05, 0) is 33.7 Å². The molecule has 2 heterocycles. The minimum Gasteiger partial charge on any atom is -0.299 e. The minimum absolute atomic E-state index is 0.374. The Labute approximate surface area is 165 Å². The largest absolute Gasteiger partial charge is 0.299 e. The molecule has 0 saturated heterocycles. The molecule has 29 heavy (non-hydrogen) atoms. The lowest BCUT2D eigenvalue weighted by Crippen LogP contribution is -1.95. The number of pyridine rings is 1. The highest BCUT2D eigenvalue weighted by Gasteiger charge is 2.18. The van der Waals surface area contributed by atoms with Crippen LogP contribution < -0.4 is 0 Å². The van der Waals surface area contributed by atoms with Crippen LogP contribution in [0.25, 0.3) is 48.9 Å². The van der Waals surface area contributed by atoms with Gasteiger partial charge in [0, 0.05) is 28.6 Å². The summed E-state index contributed by atoms with van der Waals surface area (Å²) in [6, 6.07) is 24.7. The van der Waals surface area contributed by atoms with Crippen molar-refractivity contribution in [3.63, 3.8) is 0 Å². The number of fused-ring (bicyclic) bond motifs is 11. The van der Waals surface area contributed by atoms with Crippen LogP contribution in [0.2, 0.25) is 0 Å².